The average Bonchev–Trinajstić information content (AvgIpc) is 2.95. The van der Waals surface area contributed by atoms with E-state index in [1.54, 1.807) is 0 Å². The van der Waals surface area contributed by atoms with Crippen molar-refractivity contribution in [1.29, 1.82) is 0 Å². The molecule has 0 saturated heterocycles. The Morgan fingerprint density at radius 2 is 1.76 bits per heavy atom. The Kier molecular flexibility index (Phi) is 3.48. The molecule has 0 aromatic heterocycles. The van der Waals surface area contributed by atoms with Gasteiger partial charge in [-0.05, 0) is 57.8 Å². The lowest BCUT2D eigenvalue weighted by atomic mass is 9.78. The fourth-order valence-electron chi connectivity index (χ4n) is 2.79. The van der Waals surface area contributed by atoms with Crippen LogP contribution in [0.4, 0.5) is 0 Å². The van der Waals surface area contributed by atoms with E-state index in [-0.39, 0.29) is 18.0 Å². The van der Waals surface area contributed by atoms with E-state index in [2.05, 4.69) is 6.92 Å². The molecule has 2 aliphatic carbocycles. The number of rotatable bonds is 3. The van der Waals surface area contributed by atoms with Crippen LogP contribution in [-0.4, -0.2) is 22.8 Å². The smallest absolute Gasteiger partial charge is 0.309 e. The van der Waals surface area contributed by atoms with Crippen LogP contribution in [0.2, 0.25) is 0 Å². The van der Waals surface area contributed by atoms with Gasteiger partial charge in [0.05, 0.1) is 11.5 Å². The summed E-state index contributed by atoms with van der Waals surface area (Å²) in [5, 5.41) is 9.94. The number of esters is 1. The van der Waals surface area contributed by atoms with Crippen molar-refractivity contribution in [1.82, 2.24) is 0 Å². The number of aliphatic hydroxyl groups is 1. The van der Waals surface area contributed by atoms with Gasteiger partial charge < -0.3 is 9.84 Å². The van der Waals surface area contributed by atoms with E-state index < -0.39 is 5.60 Å². The molecule has 0 aromatic rings. The molecule has 0 amide bonds. The van der Waals surface area contributed by atoms with Gasteiger partial charge in [0.1, 0.15) is 6.10 Å². The highest BCUT2D eigenvalue weighted by Gasteiger charge is 2.42. The third-order valence-corrected chi connectivity index (χ3v) is 4.37. The number of hydrogen-bond donors (Lipinski definition) is 1. The van der Waals surface area contributed by atoms with Crippen LogP contribution in [-0.2, 0) is 9.53 Å². The summed E-state index contributed by atoms with van der Waals surface area (Å²) in [4.78, 5) is 11.7. The summed E-state index contributed by atoms with van der Waals surface area (Å²) in [6.45, 7) is 5.84. The lowest BCUT2D eigenvalue weighted by Gasteiger charge is -2.35. The second-order valence-corrected chi connectivity index (χ2v) is 6.38. The molecule has 0 aromatic carbocycles. The Morgan fingerprint density at radius 1 is 1.24 bits per heavy atom. The summed E-state index contributed by atoms with van der Waals surface area (Å²) >= 11 is 0. The zero-order chi connectivity index (χ0) is 12.6. The lowest BCUT2D eigenvalue weighted by molar-refractivity contribution is -0.153. The molecule has 0 aliphatic heterocycles. The third kappa shape index (κ3) is 3.21. The van der Waals surface area contributed by atoms with Gasteiger partial charge in [0.25, 0.3) is 0 Å². The Bertz CT molecular complexity index is 284. The Balaban J connectivity index is 1.74. The van der Waals surface area contributed by atoms with Crippen LogP contribution in [0.3, 0.4) is 0 Å². The van der Waals surface area contributed by atoms with Gasteiger partial charge in [-0.2, -0.15) is 0 Å². The van der Waals surface area contributed by atoms with Crippen molar-refractivity contribution in [3.8, 4) is 0 Å². The first-order valence-corrected chi connectivity index (χ1v) is 6.81. The van der Waals surface area contributed by atoms with Crippen molar-refractivity contribution in [3.05, 3.63) is 0 Å². The lowest BCUT2D eigenvalue weighted by Crippen LogP contribution is -2.36. The molecule has 2 saturated carbocycles. The van der Waals surface area contributed by atoms with Crippen LogP contribution in [0.5, 0.6) is 0 Å². The summed E-state index contributed by atoms with van der Waals surface area (Å²) in [7, 11) is 0. The Labute approximate surface area is 104 Å². The minimum atomic E-state index is -0.597. The molecule has 0 bridgehead atoms. The van der Waals surface area contributed by atoms with E-state index in [1.807, 2.05) is 13.8 Å². The summed E-state index contributed by atoms with van der Waals surface area (Å²) in [6.07, 6.45) is 4.82. The Morgan fingerprint density at radius 3 is 2.18 bits per heavy atom. The van der Waals surface area contributed by atoms with Crippen LogP contribution in [0.1, 0.15) is 52.9 Å². The van der Waals surface area contributed by atoms with Gasteiger partial charge in [-0.15, -0.1) is 0 Å². The van der Waals surface area contributed by atoms with Crippen molar-refractivity contribution in [2.75, 3.05) is 0 Å². The summed E-state index contributed by atoms with van der Waals surface area (Å²) in [5.74, 6) is 1.04. The molecule has 2 unspecified atom stereocenters. The highest BCUT2D eigenvalue weighted by Crippen LogP contribution is 2.40. The number of carbonyl (C=O) groups is 1. The summed E-state index contributed by atoms with van der Waals surface area (Å²) in [5.41, 5.74) is -0.597. The monoisotopic (exact) mass is 240 g/mol. The van der Waals surface area contributed by atoms with Gasteiger partial charge in [-0.3, -0.25) is 4.79 Å². The van der Waals surface area contributed by atoms with Gasteiger partial charge in [0.2, 0.25) is 0 Å². The number of ether oxygens (including phenoxy) is 1. The molecule has 2 atom stereocenters. The maximum Gasteiger partial charge on any atom is 0.309 e. The second-order valence-electron chi connectivity index (χ2n) is 6.38. The van der Waals surface area contributed by atoms with Gasteiger partial charge in [0, 0.05) is 0 Å². The molecule has 0 heterocycles. The molecule has 1 N–H and O–H groups in total. The molecule has 2 aliphatic rings. The van der Waals surface area contributed by atoms with E-state index in [0.717, 1.165) is 32.1 Å². The molecule has 17 heavy (non-hydrogen) atoms. The average molecular weight is 240 g/mol. The summed E-state index contributed by atoms with van der Waals surface area (Å²) in [6, 6.07) is 0. The molecule has 0 radical (unpaired) electrons. The minimum Gasteiger partial charge on any atom is -0.462 e. The molecular weight excluding hydrogens is 216 g/mol. The summed E-state index contributed by atoms with van der Waals surface area (Å²) < 4.78 is 5.53. The van der Waals surface area contributed by atoms with E-state index >= 15 is 0 Å². The fraction of sp³-hybridized carbons (Fsp3) is 0.929. The maximum absolute atomic E-state index is 11.7. The topological polar surface area (TPSA) is 46.5 Å². The normalized spacial score (nSPS) is 37.6. The SMILES string of the molecule is CC1CC1C(=O)OC1CCC(C(C)(C)O)CC1. The minimum absolute atomic E-state index is 0.00390. The first kappa shape index (κ1) is 12.9. The highest BCUT2D eigenvalue weighted by atomic mass is 16.5. The van der Waals surface area contributed by atoms with Gasteiger partial charge in [0.15, 0.2) is 0 Å². The first-order chi connectivity index (χ1) is 7.88. The fourth-order valence-corrected chi connectivity index (χ4v) is 2.79. The van der Waals surface area contributed by atoms with E-state index in [4.69, 9.17) is 4.74 Å². The third-order valence-electron chi connectivity index (χ3n) is 4.37. The highest BCUT2D eigenvalue weighted by molar-refractivity contribution is 5.75. The van der Waals surface area contributed by atoms with Crippen molar-refractivity contribution in [2.45, 2.75) is 64.6 Å². The zero-order valence-electron chi connectivity index (χ0n) is 11.1. The molecule has 0 spiro atoms. The van der Waals surface area contributed by atoms with E-state index in [9.17, 15) is 9.90 Å². The van der Waals surface area contributed by atoms with E-state index in [1.165, 1.54) is 0 Å². The molecule has 3 nitrogen and oxygen atoms in total. The largest absolute Gasteiger partial charge is 0.462 e. The second kappa shape index (κ2) is 4.60. The van der Waals surface area contributed by atoms with Crippen LogP contribution in [0.15, 0.2) is 0 Å². The quantitative estimate of drug-likeness (QED) is 0.771. The van der Waals surface area contributed by atoms with Crippen molar-refractivity contribution in [2.24, 2.45) is 17.8 Å². The van der Waals surface area contributed by atoms with Crippen molar-refractivity contribution >= 4 is 5.97 Å². The standard InChI is InChI=1S/C14H24O3/c1-9-8-12(9)13(15)17-11-6-4-10(5-7-11)14(2,3)16/h9-12,16H,4-8H2,1-3H3. The molecular formula is C14H24O3. The van der Waals surface area contributed by atoms with Gasteiger partial charge in [-0.25, -0.2) is 0 Å². The van der Waals surface area contributed by atoms with Crippen LogP contribution in [0.25, 0.3) is 0 Å². The number of carbonyl (C=O) groups excluding carboxylic acids is 1. The molecule has 2 fully saturated rings. The zero-order valence-corrected chi connectivity index (χ0v) is 11.1. The van der Waals surface area contributed by atoms with Gasteiger partial charge in [-0.1, -0.05) is 6.92 Å². The van der Waals surface area contributed by atoms with E-state index in [0.29, 0.717) is 11.8 Å². The molecule has 3 heteroatoms. The predicted molar refractivity (Wildman–Crippen MR) is 65.4 cm³/mol. The maximum atomic E-state index is 11.7. The van der Waals surface area contributed by atoms with Gasteiger partial charge >= 0.3 is 5.97 Å². The first-order valence-electron chi connectivity index (χ1n) is 6.81. The Hall–Kier alpha value is -0.570. The van der Waals surface area contributed by atoms with Crippen molar-refractivity contribution in [3.63, 3.8) is 0 Å². The van der Waals surface area contributed by atoms with Crippen molar-refractivity contribution < 1.29 is 14.6 Å². The van der Waals surface area contributed by atoms with Crippen LogP contribution in [0, 0.1) is 17.8 Å². The molecule has 2 rings (SSSR count). The van der Waals surface area contributed by atoms with Crippen LogP contribution < -0.4 is 0 Å². The molecule has 98 valence electrons. The predicted octanol–water partition coefficient (Wildman–Crippen LogP) is 2.52. The number of hydrogen-bond acceptors (Lipinski definition) is 3. The van der Waals surface area contributed by atoms with Crippen LogP contribution >= 0.6 is 0 Å².